The van der Waals surface area contributed by atoms with E-state index in [1.165, 1.54) is 23.9 Å². The zero-order valence-electron chi connectivity index (χ0n) is 15.9. The lowest BCUT2D eigenvalue weighted by Crippen LogP contribution is -2.39. The van der Waals surface area contributed by atoms with Crippen molar-refractivity contribution in [2.45, 2.75) is 54.6 Å². The molecule has 7 heteroatoms. The number of likely N-dealkylation sites (tertiary alicyclic amines) is 1. The molecule has 2 aliphatic heterocycles. The molecule has 2 aromatic rings. The van der Waals surface area contributed by atoms with Gasteiger partial charge in [0, 0.05) is 47.2 Å². The van der Waals surface area contributed by atoms with Crippen molar-refractivity contribution in [1.29, 1.82) is 0 Å². The van der Waals surface area contributed by atoms with Crippen molar-refractivity contribution in [2.75, 3.05) is 25.0 Å². The average Bonchev–Trinajstić information content (AvgIpc) is 2.67. The van der Waals surface area contributed by atoms with Crippen LogP contribution in [0, 0.1) is 0 Å². The summed E-state index contributed by atoms with van der Waals surface area (Å²) in [6, 6.07) is 6.52. The maximum absolute atomic E-state index is 13.5. The number of halogens is 3. The van der Waals surface area contributed by atoms with Gasteiger partial charge in [-0.1, -0.05) is 18.7 Å². The number of benzene rings is 1. The van der Waals surface area contributed by atoms with Crippen LogP contribution in [0.15, 0.2) is 40.3 Å². The highest BCUT2D eigenvalue weighted by Gasteiger charge is 2.34. The van der Waals surface area contributed by atoms with Gasteiger partial charge in [-0.3, -0.25) is 4.98 Å². The number of aromatic nitrogens is 1. The molecule has 0 spiro atoms. The van der Waals surface area contributed by atoms with E-state index in [0.717, 1.165) is 55.0 Å². The lowest BCUT2D eigenvalue weighted by Gasteiger charge is -2.33. The summed E-state index contributed by atoms with van der Waals surface area (Å²) in [7, 11) is 0. The molecule has 3 nitrogen and oxygen atoms in total. The Kier molecular flexibility index (Phi) is 5.56. The van der Waals surface area contributed by atoms with Gasteiger partial charge in [-0.25, -0.2) is 0 Å². The molecule has 0 radical (unpaired) electrons. The minimum atomic E-state index is -4.36. The fraction of sp³-hybridized carbons (Fsp3) is 0.476. The number of fused-ring (bicyclic) bond motifs is 2. The summed E-state index contributed by atoms with van der Waals surface area (Å²) in [5.41, 5.74) is 1.89. The van der Waals surface area contributed by atoms with Crippen LogP contribution in [0.1, 0.15) is 43.0 Å². The summed E-state index contributed by atoms with van der Waals surface area (Å²) in [4.78, 5) is 8.48. The standard InChI is InChI=1S/C21H24F3N3S/c1-2-8-27-9-5-15(6-10-27)26-17-11-14(21(22,23)24)12-20-16(17)13-18-19(28-20)4-3-7-25-18/h3-4,7,11-12,15,26H,2,5-6,8-10,13H2,1H3. The normalized spacial score (nSPS) is 17.9. The molecule has 1 fully saturated rings. The zero-order valence-corrected chi connectivity index (χ0v) is 16.7. The predicted molar refractivity (Wildman–Crippen MR) is 106 cm³/mol. The van der Waals surface area contributed by atoms with Gasteiger partial charge in [0.05, 0.1) is 11.3 Å². The Balaban J connectivity index is 1.61. The summed E-state index contributed by atoms with van der Waals surface area (Å²) in [6.07, 6.45) is 0.979. The highest BCUT2D eigenvalue weighted by molar-refractivity contribution is 7.99. The summed E-state index contributed by atoms with van der Waals surface area (Å²) in [6.45, 7) is 5.24. The lowest BCUT2D eigenvalue weighted by molar-refractivity contribution is -0.137. The number of anilines is 1. The number of nitrogens with one attached hydrogen (secondary N) is 1. The monoisotopic (exact) mass is 407 g/mol. The van der Waals surface area contributed by atoms with Crippen LogP contribution in [0.4, 0.5) is 18.9 Å². The first-order chi connectivity index (χ1) is 13.4. The molecule has 1 aromatic carbocycles. The van der Waals surface area contributed by atoms with E-state index in [-0.39, 0.29) is 6.04 Å². The van der Waals surface area contributed by atoms with Gasteiger partial charge in [0.1, 0.15) is 0 Å². The predicted octanol–water partition coefficient (Wildman–Crippen LogP) is 5.44. The van der Waals surface area contributed by atoms with Crippen LogP contribution in [0.3, 0.4) is 0 Å². The van der Waals surface area contributed by atoms with Crippen molar-refractivity contribution in [2.24, 2.45) is 0 Å². The summed E-state index contributed by atoms with van der Waals surface area (Å²) in [5, 5.41) is 3.45. The molecule has 3 heterocycles. The Morgan fingerprint density at radius 3 is 2.71 bits per heavy atom. The van der Waals surface area contributed by atoms with Gasteiger partial charge in [0.2, 0.25) is 0 Å². The molecule has 0 bridgehead atoms. The third-order valence-electron chi connectivity index (χ3n) is 5.44. The second kappa shape index (κ2) is 7.95. The highest BCUT2D eigenvalue weighted by atomic mass is 32.2. The smallest absolute Gasteiger partial charge is 0.382 e. The van der Waals surface area contributed by atoms with Crippen molar-refractivity contribution in [3.05, 3.63) is 47.3 Å². The molecule has 0 unspecified atom stereocenters. The van der Waals surface area contributed by atoms with E-state index in [0.29, 0.717) is 17.0 Å². The van der Waals surface area contributed by atoms with Crippen LogP contribution >= 0.6 is 11.8 Å². The lowest BCUT2D eigenvalue weighted by atomic mass is 9.99. The van der Waals surface area contributed by atoms with Crippen molar-refractivity contribution in [1.82, 2.24) is 9.88 Å². The van der Waals surface area contributed by atoms with Gasteiger partial charge in [0.25, 0.3) is 0 Å². The molecule has 28 heavy (non-hydrogen) atoms. The molecule has 150 valence electrons. The fourth-order valence-corrected chi connectivity index (χ4v) is 5.10. The van der Waals surface area contributed by atoms with Gasteiger partial charge in [0.15, 0.2) is 0 Å². The first-order valence-electron chi connectivity index (χ1n) is 9.79. The second-order valence-electron chi connectivity index (χ2n) is 7.49. The van der Waals surface area contributed by atoms with Gasteiger partial charge < -0.3 is 10.2 Å². The van der Waals surface area contributed by atoms with E-state index in [9.17, 15) is 13.2 Å². The average molecular weight is 408 g/mol. The summed E-state index contributed by atoms with van der Waals surface area (Å²) in [5.74, 6) is 0. The first-order valence-corrected chi connectivity index (χ1v) is 10.6. The van der Waals surface area contributed by atoms with E-state index in [4.69, 9.17) is 0 Å². The second-order valence-corrected chi connectivity index (χ2v) is 8.57. The van der Waals surface area contributed by atoms with Crippen molar-refractivity contribution < 1.29 is 13.2 Å². The maximum atomic E-state index is 13.5. The van der Waals surface area contributed by atoms with Gasteiger partial charge in [-0.05, 0) is 55.6 Å². The molecule has 1 aromatic heterocycles. The van der Waals surface area contributed by atoms with Gasteiger partial charge in [-0.2, -0.15) is 13.2 Å². The highest BCUT2D eigenvalue weighted by Crippen LogP contribution is 2.45. The Morgan fingerprint density at radius 2 is 2.00 bits per heavy atom. The minimum Gasteiger partial charge on any atom is -0.382 e. The van der Waals surface area contributed by atoms with Gasteiger partial charge in [-0.15, -0.1) is 0 Å². The van der Waals surface area contributed by atoms with E-state index >= 15 is 0 Å². The third kappa shape index (κ3) is 4.15. The largest absolute Gasteiger partial charge is 0.416 e. The fourth-order valence-electron chi connectivity index (χ4n) is 3.98. The molecule has 4 rings (SSSR count). The third-order valence-corrected chi connectivity index (χ3v) is 6.61. The molecule has 0 saturated carbocycles. The molecule has 1 N–H and O–H groups in total. The summed E-state index contributed by atoms with van der Waals surface area (Å²) >= 11 is 1.39. The number of piperidine rings is 1. The quantitative estimate of drug-likeness (QED) is 0.623. The molecule has 2 aliphatic rings. The Labute approximate surface area is 167 Å². The van der Waals surface area contributed by atoms with E-state index in [1.54, 1.807) is 6.20 Å². The number of hydrogen-bond donors (Lipinski definition) is 1. The molecule has 0 amide bonds. The number of alkyl halides is 3. The number of rotatable bonds is 4. The first kappa shape index (κ1) is 19.6. The van der Waals surface area contributed by atoms with Crippen LogP contribution in [0.25, 0.3) is 0 Å². The Bertz CT molecular complexity index is 845. The van der Waals surface area contributed by atoms with Crippen molar-refractivity contribution in [3.8, 4) is 0 Å². The van der Waals surface area contributed by atoms with Crippen LogP contribution < -0.4 is 5.32 Å². The summed E-state index contributed by atoms with van der Waals surface area (Å²) < 4.78 is 40.5. The molecule has 1 saturated heterocycles. The van der Waals surface area contributed by atoms with Crippen LogP contribution in [0.2, 0.25) is 0 Å². The number of hydrogen-bond acceptors (Lipinski definition) is 4. The van der Waals surface area contributed by atoms with Crippen LogP contribution in [0.5, 0.6) is 0 Å². The molecular weight excluding hydrogens is 383 g/mol. The van der Waals surface area contributed by atoms with Crippen LogP contribution in [-0.2, 0) is 12.6 Å². The van der Waals surface area contributed by atoms with E-state index in [1.807, 2.05) is 12.1 Å². The molecule has 0 atom stereocenters. The maximum Gasteiger partial charge on any atom is 0.416 e. The van der Waals surface area contributed by atoms with Crippen molar-refractivity contribution in [3.63, 3.8) is 0 Å². The Hall–Kier alpha value is -1.73. The van der Waals surface area contributed by atoms with Crippen molar-refractivity contribution >= 4 is 17.4 Å². The molecule has 0 aliphatic carbocycles. The van der Waals surface area contributed by atoms with E-state index < -0.39 is 11.7 Å². The minimum absolute atomic E-state index is 0.204. The van der Waals surface area contributed by atoms with E-state index in [2.05, 4.69) is 22.1 Å². The van der Waals surface area contributed by atoms with Crippen LogP contribution in [-0.4, -0.2) is 35.6 Å². The number of pyridine rings is 1. The molecular formula is C21H24F3N3S. The van der Waals surface area contributed by atoms with Gasteiger partial charge >= 0.3 is 6.18 Å². The number of nitrogens with zero attached hydrogens (tertiary/aromatic N) is 2. The topological polar surface area (TPSA) is 28.2 Å². The zero-order chi connectivity index (χ0) is 19.7. The Morgan fingerprint density at radius 1 is 1.21 bits per heavy atom. The SMILES string of the molecule is CCCN1CCC(Nc2cc(C(F)(F)F)cc3c2Cc2ncccc2S3)CC1.